The number of ether oxygens (including phenoxy) is 1. The van der Waals surface area contributed by atoms with Crippen LogP contribution >= 0.6 is 11.6 Å². The number of hydrogen-bond donors (Lipinski definition) is 1. The molecule has 29 heavy (non-hydrogen) atoms. The van der Waals surface area contributed by atoms with Crippen molar-refractivity contribution in [3.63, 3.8) is 0 Å². The van der Waals surface area contributed by atoms with E-state index in [1.807, 2.05) is 68.4 Å². The van der Waals surface area contributed by atoms with E-state index in [1.54, 1.807) is 13.8 Å². The van der Waals surface area contributed by atoms with Crippen LogP contribution in [-0.4, -0.2) is 78.3 Å². The van der Waals surface area contributed by atoms with Crippen molar-refractivity contribution in [2.75, 3.05) is 41.8 Å². The second-order valence-electron chi connectivity index (χ2n) is 7.13. The Bertz CT molecular complexity index is 646. The fourth-order valence-corrected chi connectivity index (χ4v) is 4.14. The number of halogens is 1. The fraction of sp³-hybridized carbons (Fsp3) is 0.478. The van der Waals surface area contributed by atoms with E-state index in [4.69, 9.17) is 16.3 Å². The van der Waals surface area contributed by atoms with Crippen molar-refractivity contribution in [1.29, 1.82) is 0 Å². The Morgan fingerprint density at radius 1 is 1.00 bits per heavy atom. The first-order chi connectivity index (χ1) is 13.9. The fourth-order valence-electron chi connectivity index (χ4n) is 2.63. The zero-order chi connectivity index (χ0) is 21.7. The molecule has 1 fully saturated rings. The standard InChI is InChI=1S/C15H22ClN2O2.C6H6.C2H6.Pb/c1-15(2,19)11-20-12-4-5-14(13(16)10-12)18-8-6-17(3)7-9-18;1-2-4-6-5-3-1;1-2;/h4-5,10,19H,3,6-9,11H2,1-2H3;1-6H;1-2H3;. The van der Waals surface area contributed by atoms with Gasteiger partial charge in [-0.05, 0) is 13.8 Å². The summed E-state index contributed by atoms with van der Waals surface area (Å²) in [5.74, 6) is 0.698. The number of hydrogen-bond acceptors (Lipinski definition) is 4. The van der Waals surface area contributed by atoms with Crippen molar-refractivity contribution in [3.8, 4) is 5.75 Å². The van der Waals surface area contributed by atoms with Crippen molar-refractivity contribution in [1.82, 2.24) is 4.90 Å². The zero-order valence-electron chi connectivity index (χ0n) is 18.1. The van der Waals surface area contributed by atoms with Crippen LogP contribution in [0.3, 0.4) is 0 Å². The number of nitrogens with zero attached hydrogens (tertiary/aromatic N) is 2. The molecule has 0 spiro atoms. The van der Waals surface area contributed by atoms with Crippen molar-refractivity contribution in [2.24, 2.45) is 0 Å². The van der Waals surface area contributed by atoms with Crippen LogP contribution in [0, 0.1) is 0 Å². The van der Waals surface area contributed by atoms with Gasteiger partial charge in [-0.1, -0.05) is 50.2 Å². The molecule has 159 valence electrons. The molecule has 0 saturated carbocycles. The molecule has 1 aliphatic heterocycles. The largest absolute Gasteiger partial charge is 0.0623 e. The quantitative estimate of drug-likeness (QED) is 0.507. The topological polar surface area (TPSA) is 35.9 Å². The van der Waals surface area contributed by atoms with Gasteiger partial charge in [0, 0.05) is 0 Å². The second kappa shape index (κ2) is 14.2. The summed E-state index contributed by atoms with van der Waals surface area (Å²) >= 11 is 7.62. The van der Waals surface area contributed by atoms with E-state index in [0.717, 1.165) is 31.9 Å². The summed E-state index contributed by atoms with van der Waals surface area (Å²) in [7, 11) is 0. The molecule has 1 saturated heterocycles. The Balaban J connectivity index is 0.000000442. The molecule has 0 atom stereocenters. The third-order valence-corrected chi connectivity index (χ3v) is 6.16. The third-order valence-electron chi connectivity index (χ3n) is 4.11. The molecule has 2 aromatic carbocycles. The molecule has 0 amide bonds. The molecule has 6 heteroatoms. The molecule has 1 aliphatic rings. The van der Waals surface area contributed by atoms with Gasteiger partial charge in [0.2, 0.25) is 0 Å². The Hall–Kier alpha value is -0.828. The van der Waals surface area contributed by atoms with Crippen LogP contribution in [0.15, 0.2) is 54.6 Å². The summed E-state index contributed by atoms with van der Waals surface area (Å²) in [5.41, 5.74) is 0.227. The van der Waals surface area contributed by atoms with Gasteiger partial charge in [-0.15, -0.1) is 0 Å². The molecule has 3 rings (SSSR count). The van der Waals surface area contributed by atoms with Gasteiger partial charge in [0.15, 0.2) is 0 Å². The minimum atomic E-state index is -0.842. The Morgan fingerprint density at radius 3 is 1.93 bits per heavy atom. The Labute approximate surface area is 197 Å². The van der Waals surface area contributed by atoms with E-state index in [-0.39, 0.29) is 6.61 Å². The molecular formula is C23H34ClN2O2Pb. The second-order valence-corrected chi connectivity index (χ2v) is 8.77. The maximum absolute atomic E-state index is 9.69. The maximum atomic E-state index is 9.69. The molecule has 0 aromatic heterocycles. The first-order valence-electron chi connectivity index (χ1n) is 10.2. The third kappa shape index (κ3) is 10.7. The number of benzene rings is 2. The summed E-state index contributed by atoms with van der Waals surface area (Å²) < 4.78 is 6.81. The smallest absolute Gasteiger partial charge is 0.0623 e. The summed E-state index contributed by atoms with van der Waals surface area (Å²) in [5, 5.41) is 10.4. The average molecular weight is 613 g/mol. The van der Waals surface area contributed by atoms with Crippen LogP contribution in [0.2, 0.25) is 5.02 Å². The van der Waals surface area contributed by atoms with Crippen molar-refractivity contribution < 1.29 is 9.84 Å². The monoisotopic (exact) mass is 613 g/mol. The van der Waals surface area contributed by atoms with Crippen molar-refractivity contribution in [3.05, 3.63) is 59.6 Å². The van der Waals surface area contributed by atoms with Gasteiger partial charge in [-0.3, -0.25) is 0 Å². The minimum absolute atomic E-state index is 0.252. The number of piperazine rings is 1. The Morgan fingerprint density at radius 2 is 1.52 bits per heavy atom. The van der Waals surface area contributed by atoms with Gasteiger partial charge in [0.05, 0.1) is 0 Å². The molecular weight excluding hydrogens is 579 g/mol. The normalized spacial score (nSPS) is 14.2. The van der Waals surface area contributed by atoms with Crippen molar-refractivity contribution >= 4 is 43.1 Å². The average Bonchev–Trinajstić information content (AvgIpc) is 2.75. The van der Waals surface area contributed by atoms with E-state index in [9.17, 15) is 5.11 Å². The number of aliphatic hydroxyl groups is 1. The molecule has 0 unspecified atom stereocenters. The Kier molecular flexibility index (Phi) is 12.9. The van der Waals surface area contributed by atoms with Crippen LogP contribution in [0.1, 0.15) is 27.7 Å². The van der Waals surface area contributed by atoms with E-state index in [2.05, 4.69) is 9.80 Å². The molecule has 1 heterocycles. The van der Waals surface area contributed by atoms with E-state index in [0.29, 0.717) is 10.8 Å². The van der Waals surface area contributed by atoms with Gasteiger partial charge in [-0.25, -0.2) is 0 Å². The first-order valence-corrected chi connectivity index (χ1v) is 13.3. The molecule has 4 nitrogen and oxygen atoms in total. The molecule has 2 aromatic rings. The van der Waals surface area contributed by atoms with Crippen LogP contribution in [0.25, 0.3) is 0 Å². The zero-order valence-corrected chi connectivity index (χ0v) is 22.7. The number of anilines is 1. The summed E-state index contributed by atoms with van der Waals surface area (Å²) in [4.78, 5) is 4.83. The molecule has 3 radical (unpaired) electrons. The van der Waals surface area contributed by atoms with Gasteiger partial charge < -0.3 is 5.11 Å². The molecule has 0 bridgehead atoms. The maximum Gasteiger partial charge on any atom is -0.0623 e. The van der Waals surface area contributed by atoms with Gasteiger partial charge >= 0.3 is 129 Å². The summed E-state index contributed by atoms with van der Waals surface area (Å²) in [6.07, 6.45) is 0. The number of rotatable bonds is 5. The van der Waals surface area contributed by atoms with Gasteiger partial charge in [-0.2, -0.15) is 0 Å². The van der Waals surface area contributed by atoms with Crippen LogP contribution < -0.4 is 9.64 Å². The predicted molar refractivity (Wildman–Crippen MR) is 125 cm³/mol. The molecule has 0 aliphatic carbocycles. The molecule has 1 N–H and O–H groups in total. The SMILES string of the molecule is CC.CC(C)(O)COc1ccc(N2CCN([CH2][Pb])CC2)c(Cl)c1.c1ccccc1. The van der Waals surface area contributed by atoms with Gasteiger partial charge in [0.25, 0.3) is 0 Å². The van der Waals surface area contributed by atoms with Crippen LogP contribution in [-0.2, 0) is 0 Å². The van der Waals surface area contributed by atoms with E-state index < -0.39 is 5.60 Å². The summed E-state index contributed by atoms with van der Waals surface area (Å²) in [6.45, 7) is 11.9. The predicted octanol–water partition coefficient (Wildman–Crippen LogP) is 4.45. The minimum Gasteiger partial charge on any atom is -0.0623 e. The van der Waals surface area contributed by atoms with Crippen LogP contribution in [0.4, 0.5) is 5.69 Å². The van der Waals surface area contributed by atoms with E-state index >= 15 is 0 Å². The summed E-state index contributed by atoms with van der Waals surface area (Å²) in [6, 6.07) is 17.8. The first kappa shape index (κ1) is 26.2. The van der Waals surface area contributed by atoms with E-state index in [1.165, 1.54) is 29.9 Å². The van der Waals surface area contributed by atoms with Gasteiger partial charge in [0.1, 0.15) is 0 Å². The van der Waals surface area contributed by atoms with Crippen LogP contribution in [0.5, 0.6) is 5.75 Å². The van der Waals surface area contributed by atoms with Crippen molar-refractivity contribution in [2.45, 2.75) is 33.3 Å².